The van der Waals surface area contributed by atoms with Gasteiger partial charge in [0.15, 0.2) is 0 Å². The highest BCUT2D eigenvalue weighted by atomic mass is 32.2. The molecule has 0 fully saturated rings. The van der Waals surface area contributed by atoms with Gasteiger partial charge in [-0.15, -0.1) is 0 Å². The number of hydrogen-bond donors (Lipinski definition) is 5. The lowest BCUT2D eigenvalue weighted by Gasteiger charge is -2.24. The molecule has 5 N–H and O–H groups in total. The van der Waals surface area contributed by atoms with E-state index in [2.05, 4.69) is 16.0 Å². The van der Waals surface area contributed by atoms with Crippen molar-refractivity contribution >= 4 is 41.4 Å². The van der Waals surface area contributed by atoms with E-state index in [-0.39, 0.29) is 24.8 Å². The quantitative estimate of drug-likeness (QED) is 0.226. The summed E-state index contributed by atoms with van der Waals surface area (Å²) in [5.74, 6) is -4.76. The zero-order valence-electron chi connectivity index (χ0n) is 20.7. The van der Waals surface area contributed by atoms with Crippen LogP contribution in [-0.2, 0) is 25.6 Å². The molecule has 0 aliphatic rings. The van der Waals surface area contributed by atoms with Crippen molar-refractivity contribution in [3.8, 4) is 0 Å². The van der Waals surface area contributed by atoms with Crippen LogP contribution in [0.15, 0.2) is 54.6 Å². The minimum absolute atomic E-state index is 0.0901. The van der Waals surface area contributed by atoms with Crippen molar-refractivity contribution in [1.82, 2.24) is 16.0 Å². The van der Waals surface area contributed by atoms with Gasteiger partial charge in [0.05, 0.1) is 0 Å². The van der Waals surface area contributed by atoms with Gasteiger partial charge in [0, 0.05) is 18.4 Å². The first-order valence-corrected chi connectivity index (χ1v) is 13.1. The molecule has 2 aromatic carbocycles. The van der Waals surface area contributed by atoms with Gasteiger partial charge in [-0.1, -0.05) is 30.3 Å². The summed E-state index contributed by atoms with van der Waals surface area (Å²) in [5.41, 5.74) is 0.869. The van der Waals surface area contributed by atoms with E-state index in [1.807, 2.05) is 0 Å². The van der Waals surface area contributed by atoms with E-state index in [1.54, 1.807) is 36.6 Å². The average molecular weight is 548 g/mol. The lowest BCUT2D eigenvalue weighted by molar-refractivity contribution is -0.143. The number of halogens is 1. The van der Waals surface area contributed by atoms with Crippen molar-refractivity contribution in [1.29, 1.82) is 0 Å². The van der Waals surface area contributed by atoms with E-state index in [0.29, 0.717) is 5.75 Å². The Bertz CT molecular complexity index is 1120. The van der Waals surface area contributed by atoms with E-state index in [9.17, 15) is 33.5 Å². The predicted molar refractivity (Wildman–Crippen MR) is 139 cm³/mol. The van der Waals surface area contributed by atoms with E-state index in [0.717, 1.165) is 17.7 Å². The molecule has 3 atom stereocenters. The van der Waals surface area contributed by atoms with Crippen LogP contribution in [0.1, 0.15) is 35.2 Å². The highest BCUT2D eigenvalue weighted by Crippen LogP contribution is 2.09. The van der Waals surface area contributed by atoms with E-state index >= 15 is 0 Å². The van der Waals surface area contributed by atoms with Crippen LogP contribution >= 0.6 is 11.8 Å². The van der Waals surface area contributed by atoms with Crippen LogP contribution in [0.5, 0.6) is 0 Å². The summed E-state index contributed by atoms with van der Waals surface area (Å²) < 4.78 is 13.3. The highest BCUT2D eigenvalue weighted by Gasteiger charge is 2.30. The molecule has 0 aliphatic heterocycles. The molecule has 0 unspecified atom stereocenters. The molecule has 0 aliphatic carbocycles. The van der Waals surface area contributed by atoms with Crippen molar-refractivity contribution in [3.05, 3.63) is 71.5 Å². The number of carboxylic acid groups (broad SMARTS) is 2. The molecule has 0 aromatic heterocycles. The topological polar surface area (TPSA) is 162 Å². The number of carboxylic acids is 2. The van der Waals surface area contributed by atoms with Gasteiger partial charge in [-0.3, -0.25) is 19.2 Å². The lowest BCUT2D eigenvalue weighted by atomic mass is 10.0. The maximum Gasteiger partial charge on any atom is 0.326 e. The monoisotopic (exact) mass is 547 g/mol. The molecular weight excluding hydrogens is 517 g/mol. The maximum absolute atomic E-state index is 13.3. The standard InChI is InChI=1S/C26H30FN3O7S/c1-38-14-13-19(24(34)29-20(26(36)37)11-12-22(31)32)28-25(35)21(15-16-5-3-2-4-6-16)30-23(33)17-7-9-18(27)10-8-17/h2-10,19-21H,11-15H2,1H3,(H,28,35)(H,29,34)(H,30,33)(H,31,32)(H,36,37)/t19-,20-,21-/m0/s1. The van der Waals surface area contributed by atoms with Crippen LogP contribution in [0.4, 0.5) is 4.39 Å². The molecule has 0 radical (unpaired) electrons. The molecule has 0 spiro atoms. The molecule has 204 valence electrons. The first kappa shape index (κ1) is 30.3. The first-order valence-electron chi connectivity index (χ1n) is 11.7. The van der Waals surface area contributed by atoms with E-state index in [1.165, 1.54) is 23.9 Å². The number of thioether (sulfide) groups is 1. The lowest BCUT2D eigenvalue weighted by Crippen LogP contribution is -2.56. The fourth-order valence-electron chi connectivity index (χ4n) is 3.48. The third-order valence-electron chi connectivity index (χ3n) is 5.52. The molecule has 2 rings (SSSR count). The Kier molecular flexibility index (Phi) is 12.2. The third kappa shape index (κ3) is 10.2. The molecule has 10 nitrogen and oxygen atoms in total. The van der Waals surface area contributed by atoms with Crippen LogP contribution < -0.4 is 16.0 Å². The van der Waals surface area contributed by atoms with Gasteiger partial charge in [-0.05, 0) is 54.7 Å². The molecule has 38 heavy (non-hydrogen) atoms. The number of carbonyl (C=O) groups is 5. The van der Waals surface area contributed by atoms with Crippen LogP contribution in [0, 0.1) is 5.82 Å². The summed E-state index contributed by atoms with van der Waals surface area (Å²) in [7, 11) is 0. The summed E-state index contributed by atoms with van der Waals surface area (Å²) in [6.45, 7) is 0. The number of amides is 3. The Labute approximate surface area is 223 Å². The smallest absolute Gasteiger partial charge is 0.326 e. The van der Waals surface area contributed by atoms with Gasteiger partial charge >= 0.3 is 11.9 Å². The van der Waals surface area contributed by atoms with Gasteiger partial charge in [0.25, 0.3) is 5.91 Å². The molecule has 0 heterocycles. The van der Waals surface area contributed by atoms with Gasteiger partial charge in [-0.25, -0.2) is 9.18 Å². The fourth-order valence-corrected chi connectivity index (χ4v) is 3.95. The Morgan fingerprint density at radius 2 is 1.42 bits per heavy atom. The number of rotatable bonds is 15. The molecule has 0 saturated heterocycles. The van der Waals surface area contributed by atoms with Crippen LogP contribution in [-0.4, -0.2) is 70.0 Å². The second kappa shape index (κ2) is 15.4. The average Bonchev–Trinajstić information content (AvgIpc) is 2.88. The van der Waals surface area contributed by atoms with Crippen molar-refractivity contribution < 1.29 is 38.6 Å². The Hall–Kier alpha value is -3.93. The summed E-state index contributed by atoms with van der Waals surface area (Å²) >= 11 is 1.41. The SMILES string of the molecule is CSCC[C@H](NC(=O)[C@H](Cc1ccccc1)NC(=O)c1ccc(F)cc1)C(=O)N[C@@H](CCC(=O)O)C(=O)O. The van der Waals surface area contributed by atoms with E-state index < -0.39 is 60.0 Å². The number of hydrogen-bond acceptors (Lipinski definition) is 6. The Balaban J connectivity index is 2.22. The highest BCUT2D eigenvalue weighted by molar-refractivity contribution is 7.98. The Morgan fingerprint density at radius 1 is 0.816 bits per heavy atom. The zero-order chi connectivity index (χ0) is 28.1. The number of benzene rings is 2. The number of aliphatic carboxylic acids is 2. The molecule has 3 amide bonds. The maximum atomic E-state index is 13.3. The molecule has 0 bridgehead atoms. The van der Waals surface area contributed by atoms with Crippen molar-refractivity contribution in [2.45, 2.75) is 43.8 Å². The molecule has 2 aromatic rings. The molecule has 0 saturated carbocycles. The van der Waals surface area contributed by atoms with Gasteiger partial charge < -0.3 is 26.2 Å². The minimum atomic E-state index is -1.45. The van der Waals surface area contributed by atoms with Crippen LogP contribution in [0.2, 0.25) is 0 Å². The van der Waals surface area contributed by atoms with Crippen molar-refractivity contribution in [2.24, 2.45) is 0 Å². The molecular formula is C26H30FN3O7S. The summed E-state index contributed by atoms with van der Waals surface area (Å²) in [5, 5.41) is 25.8. The second-order valence-electron chi connectivity index (χ2n) is 8.40. The summed E-state index contributed by atoms with van der Waals surface area (Å²) in [4.78, 5) is 61.4. The Morgan fingerprint density at radius 3 is 2.00 bits per heavy atom. The first-order chi connectivity index (χ1) is 18.1. The largest absolute Gasteiger partial charge is 0.481 e. The van der Waals surface area contributed by atoms with Crippen LogP contribution in [0.3, 0.4) is 0 Å². The van der Waals surface area contributed by atoms with E-state index in [4.69, 9.17) is 5.11 Å². The second-order valence-corrected chi connectivity index (χ2v) is 9.38. The van der Waals surface area contributed by atoms with Gasteiger partial charge in [0.1, 0.15) is 23.9 Å². The summed E-state index contributed by atoms with van der Waals surface area (Å²) in [6, 6.07) is 9.95. The van der Waals surface area contributed by atoms with Gasteiger partial charge in [0.2, 0.25) is 11.8 Å². The predicted octanol–water partition coefficient (Wildman–Crippen LogP) is 1.84. The molecule has 12 heteroatoms. The fraction of sp³-hybridized carbons (Fsp3) is 0.346. The van der Waals surface area contributed by atoms with Crippen molar-refractivity contribution in [2.75, 3.05) is 12.0 Å². The summed E-state index contributed by atoms with van der Waals surface area (Å²) in [6.07, 6.45) is 1.25. The third-order valence-corrected chi connectivity index (χ3v) is 6.16. The number of carbonyl (C=O) groups excluding carboxylic acids is 3. The minimum Gasteiger partial charge on any atom is -0.481 e. The van der Waals surface area contributed by atoms with Crippen molar-refractivity contribution in [3.63, 3.8) is 0 Å². The normalized spacial score (nSPS) is 13.0. The zero-order valence-corrected chi connectivity index (χ0v) is 21.5. The number of nitrogens with one attached hydrogen (secondary N) is 3. The van der Waals surface area contributed by atoms with Crippen LogP contribution in [0.25, 0.3) is 0 Å². The van der Waals surface area contributed by atoms with Gasteiger partial charge in [-0.2, -0.15) is 11.8 Å².